The second kappa shape index (κ2) is 10.3. The average Bonchev–Trinajstić information content (AvgIpc) is 3.21. The molecule has 0 N–H and O–H groups in total. The first-order valence-corrected chi connectivity index (χ1v) is 14.5. The van der Waals surface area contributed by atoms with Crippen molar-refractivity contribution in [1.82, 2.24) is 4.90 Å². The van der Waals surface area contributed by atoms with E-state index in [1.165, 1.54) is 12.5 Å². The molecule has 3 aromatic carbocycles. The van der Waals surface area contributed by atoms with Crippen LogP contribution in [-0.2, 0) is 37.2 Å². The van der Waals surface area contributed by atoms with Crippen molar-refractivity contribution in [3.8, 4) is 0 Å². The summed E-state index contributed by atoms with van der Waals surface area (Å²) in [6, 6.07) is 27.0. The molecule has 7 heteroatoms. The summed E-state index contributed by atoms with van der Waals surface area (Å²) in [7, 11) is -3.94. The van der Waals surface area contributed by atoms with Crippen LogP contribution in [0.4, 0.5) is 5.69 Å². The van der Waals surface area contributed by atoms with Crippen molar-refractivity contribution in [2.45, 2.75) is 37.9 Å². The molecule has 5 rings (SSSR count). The highest BCUT2D eigenvalue weighted by atomic mass is 32.2. The molecule has 0 bridgehead atoms. The Morgan fingerprint density at radius 2 is 1.57 bits per heavy atom. The van der Waals surface area contributed by atoms with Gasteiger partial charge < -0.3 is 9.74 Å². The SMILES string of the molecule is CC(=O)ON(c1cccc(C2(C)C3CN(CCCc4ccccc4)CC32)c1)S(=O)(=O)Cc1ccccc1. The predicted molar refractivity (Wildman–Crippen MR) is 145 cm³/mol. The van der Waals surface area contributed by atoms with E-state index >= 15 is 0 Å². The van der Waals surface area contributed by atoms with E-state index in [2.05, 4.69) is 48.2 Å². The Balaban J connectivity index is 1.27. The minimum absolute atomic E-state index is 0.00295. The molecule has 194 valence electrons. The highest BCUT2D eigenvalue weighted by Gasteiger charge is 2.65. The third kappa shape index (κ3) is 5.43. The Morgan fingerprint density at radius 1 is 0.946 bits per heavy atom. The third-order valence-corrected chi connectivity index (χ3v) is 9.43. The number of piperidine rings is 1. The molecule has 0 radical (unpaired) electrons. The number of likely N-dealkylation sites (tertiary alicyclic amines) is 1. The number of sulfonamides is 1. The van der Waals surface area contributed by atoms with Crippen molar-refractivity contribution >= 4 is 21.7 Å². The summed E-state index contributed by atoms with van der Waals surface area (Å²) < 4.78 is 27.4. The number of benzene rings is 3. The Morgan fingerprint density at radius 3 is 2.19 bits per heavy atom. The molecule has 2 atom stereocenters. The van der Waals surface area contributed by atoms with E-state index in [4.69, 9.17) is 4.84 Å². The zero-order chi connectivity index (χ0) is 26.0. The van der Waals surface area contributed by atoms with E-state index < -0.39 is 16.0 Å². The monoisotopic (exact) mass is 518 g/mol. The molecular formula is C30H34N2O4S. The van der Waals surface area contributed by atoms with Gasteiger partial charge in [-0.2, -0.15) is 0 Å². The number of rotatable bonds is 10. The van der Waals surface area contributed by atoms with Crippen LogP contribution >= 0.6 is 0 Å². The van der Waals surface area contributed by atoms with Crippen LogP contribution in [0.25, 0.3) is 0 Å². The van der Waals surface area contributed by atoms with E-state index in [1.807, 2.05) is 18.2 Å². The first-order chi connectivity index (χ1) is 17.8. The fourth-order valence-corrected chi connectivity index (χ4v) is 7.29. The van der Waals surface area contributed by atoms with Crippen molar-refractivity contribution in [2.24, 2.45) is 11.8 Å². The van der Waals surface area contributed by atoms with Crippen molar-refractivity contribution in [3.05, 3.63) is 102 Å². The molecule has 0 amide bonds. The van der Waals surface area contributed by atoms with Crippen LogP contribution in [0.15, 0.2) is 84.9 Å². The minimum Gasteiger partial charge on any atom is -0.326 e. The van der Waals surface area contributed by atoms with Crippen LogP contribution in [0.2, 0.25) is 0 Å². The van der Waals surface area contributed by atoms with Gasteiger partial charge in [-0.1, -0.05) is 84.2 Å². The fraction of sp³-hybridized carbons (Fsp3) is 0.367. The van der Waals surface area contributed by atoms with Gasteiger partial charge in [0, 0.05) is 25.4 Å². The minimum atomic E-state index is -3.94. The van der Waals surface area contributed by atoms with E-state index in [1.54, 1.807) is 30.3 Å². The summed E-state index contributed by atoms with van der Waals surface area (Å²) in [5.74, 6) is 0.152. The molecule has 2 fully saturated rings. The first-order valence-electron chi connectivity index (χ1n) is 12.9. The first kappa shape index (κ1) is 25.5. The molecule has 2 aliphatic rings. The molecule has 1 aliphatic carbocycles. The van der Waals surface area contributed by atoms with Crippen LogP contribution in [0.5, 0.6) is 0 Å². The summed E-state index contributed by atoms with van der Waals surface area (Å²) in [5, 5.41) is 0. The van der Waals surface area contributed by atoms with Gasteiger partial charge in [0.05, 0.1) is 11.4 Å². The van der Waals surface area contributed by atoms with Gasteiger partial charge >= 0.3 is 5.97 Å². The number of fused-ring (bicyclic) bond motifs is 1. The summed E-state index contributed by atoms with van der Waals surface area (Å²) in [5.41, 5.74) is 3.46. The smallest absolute Gasteiger partial charge is 0.326 e. The highest BCUT2D eigenvalue weighted by Crippen LogP contribution is 2.63. The number of hydrogen-bond donors (Lipinski definition) is 0. The molecule has 1 aliphatic heterocycles. The van der Waals surface area contributed by atoms with Gasteiger partial charge in [0.15, 0.2) is 0 Å². The zero-order valence-electron chi connectivity index (χ0n) is 21.4. The Kier molecular flexibility index (Phi) is 7.10. The lowest BCUT2D eigenvalue weighted by Crippen LogP contribution is -2.34. The van der Waals surface area contributed by atoms with Crippen LogP contribution in [0, 0.1) is 11.8 Å². The van der Waals surface area contributed by atoms with Gasteiger partial charge in [0.2, 0.25) is 0 Å². The van der Waals surface area contributed by atoms with Crippen molar-refractivity contribution < 1.29 is 18.0 Å². The molecule has 2 unspecified atom stereocenters. The van der Waals surface area contributed by atoms with E-state index in [-0.39, 0.29) is 11.2 Å². The number of nitrogens with zero attached hydrogens (tertiary/aromatic N) is 2. The Labute approximate surface area is 219 Å². The summed E-state index contributed by atoms with van der Waals surface area (Å²) in [4.78, 5) is 19.7. The molecule has 1 heterocycles. The maximum absolute atomic E-state index is 13.3. The van der Waals surface area contributed by atoms with Crippen LogP contribution in [0.3, 0.4) is 0 Å². The quantitative estimate of drug-likeness (QED) is 0.355. The van der Waals surface area contributed by atoms with Gasteiger partial charge in [-0.3, -0.25) is 0 Å². The lowest BCUT2D eigenvalue weighted by molar-refractivity contribution is -0.140. The third-order valence-electron chi connectivity index (χ3n) is 7.94. The van der Waals surface area contributed by atoms with E-state index in [9.17, 15) is 13.2 Å². The summed E-state index contributed by atoms with van der Waals surface area (Å²) in [6.45, 7) is 6.70. The number of hydrogen-bond acceptors (Lipinski definition) is 5. The standard InChI is InChI=1S/C30H34N2O4S/c1-23(33)36-32(37(34,35)22-25-13-7-4-8-14-25)27-17-9-16-26(19-27)30(2)28-20-31(21-29(28)30)18-10-15-24-11-5-3-6-12-24/h3-9,11-14,16-17,19,28-29H,10,15,18,20-22H2,1-2H3. The van der Waals surface area contributed by atoms with Crippen molar-refractivity contribution in [2.75, 3.05) is 24.1 Å². The molecule has 0 aromatic heterocycles. The Hall–Kier alpha value is -3.16. The van der Waals surface area contributed by atoms with E-state index in [0.717, 1.165) is 42.5 Å². The molecule has 37 heavy (non-hydrogen) atoms. The normalized spacial score (nSPS) is 22.9. The van der Waals surface area contributed by atoms with Gasteiger partial charge in [0.25, 0.3) is 10.0 Å². The predicted octanol–water partition coefficient (Wildman–Crippen LogP) is 4.95. The molecule has 1 saturated carbocycles. The maximum Gasteiger partial charge on any atom is 0.330 e. The van der Waals surface area contributed by atoms with Crippen molar-refractivity contribution in [3.63, 3.8) is 0 Å². The van der Waals surface area contributed by atoms with Crippen LogP contribution < -0.4 is 4.47 Å². The number of carbonyl (C=O) groups is 1. The highest BCUT2D eigenvalue weighted by molar-refractivity contribution is 7.91. The summed E-state index contributed by atoms with van der Waals surface area (Å²) in [6.07, 6.45) is 2.24. The number of aryl methyl sites for hydroxylation is 1. The molecule has 3 aromatic rings. The second-order valence-electron chi connectivity index (χ2n) is 10.4. The molecular weight excluding hydrogens is 484 g/mol. The molecule has 6 nitrogen and oxygen atoms in total. The van der Waals surface area contributed by atoms with Gasteiger partial charge in [-0.25, -0.2) is 13.2 Å². The van der Waals surface area contributed by atoms with Gasteiger partial charge in [-0.15, -0.1) is 0 Å². The lowest BCUT2D eigenvalue weighted by atomic mass is 9.92. The topological polar surface area (TPSA) is 66.9 Å². The largest absolute Gasteiger partial charge is 0.330 e. The number of carbonyl (C=O) groups excluding carboxylic acids is 1. The molecule has 1 saturated heterocycles. The summed E-state index contributed by atoms with van der Waals surface area (Å²) >= 11 is 0. The van der Waals surface area contributed by atoms with Crippen LogP contribution in [-0.4, -0.2) is 38.9 Å². The van der Waals surface area contributed by atoms with Gasteiger partial charge in [0.1, 0.15) is 0 Å². The second-order valence-corrected chi connectivity index (χ2v) is 12.2. The number of anilines is 1. The average molecular weight is 519 g/mol. The van der Waals surface area contributed by atoms with E-state index in [0.29, 0.717) is 23.1 Å². The molecule has 0 spiro atoms. The van der Waals surface area contributed by atoms with Gasteiger partial charge in [-0.05, 0) is 60.0 Å². The van der Waals surface area contributed by atoms with Crippen LogP contribution in [0.1, 0.15) is 37.0 Å². The Bertz CT molecular complexity index is 1330. The fourth-order valence-electron chi connectivity index (χ4n) is 5.91. The zero-order valence-corrected chi connectivity index (χ0v) is 22.2. The lowest BCUT2D eigenvalue weighted by Gasteiger charge is -2.26. The maximum atomic E-state index is 13.3. The van der Waals surface area contributed by atoms with Crippen molar-refractivity contribution in [1.29, 1.82) is 0 Å².